The lowest BCUT2D eigenvalue weighted by molar-refractivity contribution is -0.115. The minimum absolute atomic E-state index is 0.0141. The minimum atomic E-state index is -0.713. The van der Waals surface area contributed by atoms with Crippen molar-refractivity contribution in [3.05, 3.63) is 58.0 Å². The Balaban J connectivity index is 2.52. The number of amides is 1. The van der Waals surface area contributed by atoms with E-state index in [-0.39, 0.29) is 32.8 Å². The van der Waals surface area contributed by atoms with Crippen molar-refractivity contribution in [1.82, 2.24) is 10.6 Å². The number of hydrogen-bond acceptors (Lipinski definition) is 4. The number of nitrogens with one attached hydrogen (secondary N) is 2. The highest BCUT2D eigenvalue weighted by molar-refractivity contribution is 6.39. The Bertz CT molecular complexity index is 855. The highest BCUT2D eigenvalue weighted by Crippen LogP contribution is 2.35. The Morgan fingerprint density at radius 1 is 1.15 bits per heavy atom. The molecule has 144 valence electrons. The van der Waals surface area contributed by atoms with Crippen molar-refractivity contribution in [2.45, 2.75) is 13.8 Å². The van der Waals surface area contributed by atoms with Crippen LogP contribution in [0.1, 0.15) is 19.4 Å². The first kappa shape index (κ1) is 20.9. The van der Waals surface area contributed by atoms with Crippen LogP contribution in [0.3, 0.4) is 0 Å². The lowest BCUT2D eigenvalue weighted by Crippen LogP contribution is -2.27. The van der Waals surface area contributed by atoms with Crippen LogP contribution in [0, 0.1) is 5.82 Å². The van der Waals surface area contributed by atoms with Crippen LogP contribution in [0.25, 0.3) is 5.57 Å². The normalized spacial score (nSPS) is 11.6. The predicted octanol–water partition coefficient (Wildman–Crippen LogP) is 4.63. The van der Waals surface area contributed by atoms with E-state index in [1.807, 2.05) is 0 Å². The van der Waals surface area contributed by atoms with Crippen LogP contribution in [0.2, 0.25) is 5.02 Å². The number of halogens is 3. The van der Waals surface area contributed by atoms with Crippen molar-refractivity contribution in [1.29, 1.82) is 0 Å². The summed E-state index contributed by atoms with van der Waals surface area (Å²) in [6.07, 6.45) is 0. The summed E-state index contributed by atoms with van der Waals surface area (Å²) in [5.41, 5.74) is -0.102. The predicted molar refractivity (Wildman–Crippen MR) is 105 cm³/mol. The van der Waals surface area contributed by atoms with Gasteiger partial charge in [0.25, 0.3) is 5.91 Å². The van der Waals surface area contributed by atoms with E-state index >= 15 is 0 Å². The van der Waals surface area contributed by atoms with Crippen LogP contribution in [0.4, 0.5) is 4.39 Å². The Morgan fingerprint density at radius 2 is 1.78 bits per heavy atom. The van der Waals surface area contributed by atoms with Gasteiger partial charge < -0.3 is 20.5 Å². The molecule has 0 fully saturated rings. The van der Waals surface area contributed by atoms with Crippen molar-refractivity contribution in [3.63, 3.8) is 0 Å². The summed E-state index contributed by atoms with van der Waals surface area (Å²) >= 11 is 12.3. The average molecular weight is 413 g/mol. The molecule has 0 saturated heterocycles. The van der Waals surface area contributed by atoms with E-state index in [9.17, 15) is 14.3 Å². The first-order valence-electron chi connectivity index (χ1n) is 8.25. The van der Waals surface area contributed by atoms with Gasteiger partial charge in [0, 0.05) is 18.7 Å². The van der Waals surface area contributed by atoms with Crippen molar-refractivity contribution >= 4 is 34.7 Å². The molecule has 2 aromatic carbocycles. The smallest absolute Gasteiger partial charge is 0.255 e. The zero-order valence-corrected chi connectivity index (χ0v) is 16.3. The van der Waals surface area contributed by atoms with Gasteiger partial charge in [-0.15, -0.1) is 0 Å². The van der Waals surface area contributed by atoms with E-state index in [2.05, 4.69) is 10.6 Å². The van der Waals surface area contributed by atoms with Gasteiger partial charge in [0.1, 0.15) is 28.2 Å². The summed E-state index contributed by atoms with van der Waals surface area (Å²) in [5.74, 6) is -0.641. The van der Waals surface area contributed by atoms with E-state index in [1.165, 1.54) is 30.3 Å². The molecule has 0 atom stereocenters. The maximum Gasteiger partial charge on any atom is 0.255 e. The lowest BCUT2D eigenvalue weighted by Gasteiger charge is -2.15. The highest BCUT2D eigenvalue weighted by Gasteiger charge is 2.22. The third kappa shape index (κ3) is 5.28. The van der Waals surface area contributed by atoms with Crippen LogP contribution in [-0.4, -0.2) is 24.1 Å². The molecule has 0 bridgehead atoms. The van der Waals surface area contributed by atoms with Gasteiger partial charge >= 0.3 is 0 Å². The molecule has 3 N–H and O–H groups in total. The van der Waals surface area contributed by atoms with Gasteiger partial charge in [-0.1, -0.05) is 23.2 Å². The zero-order valence-electron chi connectivity index (χ0n) is 14.8. The third-order valence-corrected chi connectivity index (χ3v) is 4.09. The van der Waals surface area contributed by atoms with Gasteiger partial charge in [-0.3, -0.25) is 4.79 Å². The largest absolute Gasteiger partial charge is 0.508 e. The molecule has 0 aliphatic heterocycles. The molecule has 0 aliphatic rings. The number of hydrogen-bond donors (Lipinski definition) is 3. The fourth-order valence-corrected chi connectivity index (χ4v) is 2.78. The summed E-state index contributed by atoms with van der Waals surface area (Å²) in [6, 6.07) is 8.31. The molecule has 5 nitrogen and oxygen atoms in total. The van der Waals surface area contributed by atoms with E-state index in [0.29, 0.717) is 18.8 Å². The van der Waals surface area contributed by atoms with Crippen LogP contribution in [0.5, 0.6) is 17.2 Å². The van der Waals surface area contributed by atoms with E-state index < -0.39 is 11.7 Å². The second-order valence-corrected chi connectivity index (χ2v) is 6.22. The van der Waals surface area contributed by atoms with Gasteiger partial charge in [-0.25, -0.2) is 4.39 Å². The molecule has 2 rings (SSSR count). The molecule has 0 aliphatic carbocycles. The Hall–Kier alpha value is -2.44. The molecule has 0 unspecified atom stereocenters. The first-order valence-corrected chi connectivity index (χ1v) is 9.01. The molecular formula is C19H19Cl2FN2O3. The zero-order chi connectivity index (χ0) is 20.0. The number of carbonyl (C=O) groups is 1. The third-order valence-electron chi connectivity index (χ3n) is 3.47. The summed E-state index contributed by atoms with van der Waals surface area (Å²) in [5, 5.41) is 14.8. The SMILES string of the molecule is CCNC(=O)/C(=C(/Cl)NCC)c1cc(Oc2ccc(O)cc2)c(Cl)cc1F. The molecule has 0 heterocycles. The number of likely N-dealkylation sites (N-methyl/N-ethyl adjacent to an activating group) is 1. The molecular weight excluding hydrogens is 394 g/mol. The molecule has 8 heteroatoms. The molecule has 0 saturated carbocycles. The summed E-state index contributed by atoms with van der Waals surface area (Å²) in [7, 11) is 0. The van der Waals surface area contributed by atoms with Crippen molar-refractivity contribution in [2.75, 3.05) is 13.1 Å². The van der Waals surface area contributed by atoms with Crippen LogP contribution >= 0.6 is 23.2 Å². The number of rotatable bonds is 7. The maximum absolute atomic E-state index is 14.6. The summed E-state index contributed by atoms with van der Waals surface area (Å²) in [6.45, 7) is 4.35. The Labute approximate surface area is 166 Å². The molecule has 0 aromatic heterocycles. The molecule has 0 radical (unpaired) electrons. The van der Waals surface area contributed by atoms with Gasteiger partial charge in [0.2, 0.25) is 0 Å². The minimum Gasteiger partial charge on any atom is -0.508 e. The summed E-state index contributed by atoms with van der Waals surface area (Å²) < 4.78 is 20.3. The van der Waals surface area contributed by atoms with Crippen molar-refractivity contribution < 1.29 is 19.0 Å². The number of ether oxygens (including phenoxy) is 1. The Morgan fingerprint density at radius 3 is 2.37 bits per heavy atom. The molecule has 1 amide bonds. The number of phenolic OH excluding ortho intramolecular Hbond substituents is 1. The number of phenols is 1. The lowest BCUT2D eigenvalue weighted by atomic mass is 10.0. The van der Waals surface area contributed by atoms with Crippen LogP contribution in [-0.2, 0) is 4.79 Å². The van der Waals surface area contributed by atoms with Crippen molar-refractivity contribution in [3.8, 4) is 17.2 Å². The second-order valence-electron chi connectivity index (χ2n) is 5.44. The Kier molecular flexibility index (Phi) is 7.33. The van der Waals surface area contributed by atoms with E-state index in [4.69, 9.17) is 27.9 Å². The van der Waals surface area contributed by atoms with Crippen LogP contribution in [0.15, 0.2) is 41.6 Å². The van der Waals surface area contributed by atoms with E-state index in [0.717, 1.165) is 6.07 Å². The fourth-order valence-electron chi connectivity index (χ4n) is 2.27. The van der Waals surface area contributed by atoms with E-state index in [1.54, 1.807) is 13.8 Å². The first-order chi connectivity index (χ1) is 12.9. The summed E-state index contributed by atoms with van der Waals surface area (Å²) in [4.78, 5) is 12.4. The van der Waals surface area contributed by atoms with Gasteiger partial charge in [0.05, 0.1) is 10.6 Å². The van der Waals surface area contributed by atoms with Crippen LogP contribution < -0.4 is 15.4 Å². The average Bonchev–Trinajstić information content (AvgIpc) is 2.61. The monoisotopic (exact) mass is 412 g/mol. The number of aromatic hydroxyl groups is 1. The quantitative estimate of drug-likeness (QED) is 0.457. The molecule has 0 spiro atoms. The highest BCUT2D eigenvalue weighted by atomic mass is 35.5. The number of benzene rings is 2. The van der Waals surface area contributed by atoms with Crippen molar-refractivity contribution in [2.24, 2.45) is 0 Å². The molecule has 2 aromatic rings. The van der Waals surface area contributed by atoms with Gasteiger partial charge in [-0.2, -0.15) is 0 Å². The van der Waals surface area contributed by atoms with Gasteiger partial charge in [0.15, 0.2) is 0 Å². The fraction of sp³-hybridized carbons (Fsp3) is 0.211. The standard InChI is InChI=1S/C19H19Cl2FN2O3/c1-3-23-18(21)17(19(26)24-4-2)13-9-16(14(20)10-15(13)22)27-12-7-5-11(25)6-8-12/h5-10,23,25H,3-4H2,1-2H3,(H,24,26)/b18-17-. The number of carbonyl (C=O) groups excluding carboxylic acids is 1. The van der Waals surface area contributed by atoms with Gasteiger partial charge in [-0.05, 0) is 50.2 Å². The second kappa shape index (κ2) is 9.48. The molecule has 27 heavy (non-hydrogen) atoms. The maximum atomic E-state index is 14.6. The topological polar surface area (TPSA) is 70.6 Å².